The standard InChI is InChI=1S/C27H24ClN3O4S/c1-16(32)23-24(17-9-5-3-6-10-17)30-27(36)31-25(23)18-13-20(28)26(21(14-18)34-2)35-15-22(33)29-19-11-7-4-8-12-19/h3-14,25H,15H2,1-2H3,(H,29,33)(H2,30,31,36)/t25-/m0/s1. The molecule has 1 amide bonds. The van der Waals surface area contributed by atoms with Crippen LogP contribution in [0.4, 0.5) is 5.69 Å². The van der Waals surface area contributed by atoms with Crippen molar-refractivity contribution in [2.75, 3.05) is 19.0 Å². The van der Waals surface area contributed by atoms with E-state index in [1.54, 1.807) is 24.3 Å². The van der Waals surface area contributed by atoms with Gasteiger partial charge < -0.3 is 25.4 Å². The van der Waals surface area contributed by atoms with E-state index in [-0.39, 0.29) is 29.1 Å². The van der Waals surface area contributed by atoms with Crippen molar-refractivity contribution in [3.05, 3.63) is 94.5 Å². The van der Waals surface area contributed by atoms with E-state index in [4.69, 9.17) is 33.3 Å². The number of carbonyl (C=O) groups is 2. The number of hydrogen-bond acceptors (Lipinski definition) is 5. The summed E-state index contributed by atoms with van der Waals surface area (Å²) in [7, 11) is 1.48. The summed E-state index contributed by atoms with van der Waals surface area (Å²) in [6.45, 7) is 1.24. The van der Waals surface area contributed by atoms with E-state index < -0.39 is 6.04 Å². The van der Waals surface area contributed by atoms with Crippen LogP contribution in [0, 0.1) is 0 Å². The van der Waals surface area contributed by atoms with Crippen molar-refractivity contribution in [2.45, 2.75) is 13.0 Å². The highest BCUT2D eigenvalue weighted by atomic mass is 35.5. The molecule has 0 fully saturated rings. The maximum atomic E-state index is 12.8. The molecule has 1 atom stereocenters. The number of methoxy groups -OCH3 is 1. The van der Waals surface area contributed by atoms with Gasteiger partial charge in [0, 0.05) is 11.3 Å². The highest BCUT2D eigenvalue weighted by Crippen LogP contribution is 2.41. The van der Waals surface area contributed by atoms with Gasteiger partial charge >= 0.3 is 0 Å². The molecule has 0 saturated heterocycles. The predicted octanol–water partition coefficient (Wildman–Crippen LogP) is 4.89. The summed E-state index contributed by atoms with van der Waals surface area (Å²) in [6.07, 6.45) is 0. The van der Waals surface area contributed by atoms with Gasteiger partial charge in [-0.1, -0.05) is 60.1 Å². The number of carbonyl (C=O) groups excluding carboxylic acids is 2. The number of thiocarbonyl (C=S) groups is 1. The van der Waals surface area contributed by atoms with Crippen molar-refractivity contribution in [2.24, 2.45) is 0 Å². The topological polar surface area (TPSA) is 88.7 Å². The SMILES string of the molecule is COc1cc([C@@H]2NC(=S)NC(c3ccccc3)=C2C(C)=O)cc(Cl)c1OCC(=O)Nc1ccccc1. The molecular formula is C27H24ClN3O4S. The third-order valence-corrected chi connectivity index (χ3v) is 6.00. The molecule has 184 valence electrons. The van der Waals surface area contributed by atoms with Crippen LogP contribution in [0.5, 0.6) is 11.5 Å². The number of Topliss-reactive ketones (excluding diaryl/α,β-unsaturated/α-hetero) is 1. The molecule has 36 heavy (non-hydrogen) atoms. The Balaban J connectivity index is 1.64. The van der Waals surface area contributed by atoms with Crippen molar-refractivity contribution < 1.29 is 19.1 Å². The first kappa shape index (κ1) is 25.2. The molecule has 3 N–H and O–H groups in total. The van der Waals surface area contributed by atoms with Crippen LogP contribution < -0.4 is 25.4 Å². The van der Waals surface area contributed by atoms with Crippen LogP contribution >= 0.6 is 23.8 Å². The van der Waals surface area contributed by atoms with Crippen molar-refractivity contribution in [3.8, 4) is 11.5 Å². The number of ketones is 1. The lowest BCUT2D eigenvalue weighted by molar-refractivity contribution is -0.118. The van der Waals surface area contributed by atoms with Crippen LogP contribution in [0.25, 0.3) is 5.70 Å². The molecule has 0 bridgehead atoms. The number of halogens is 1. The number of nitrogens with one attached hydrogen (secondary N) is 3. The predicted molar refractivity (Wildman–Crippen MR) is 144 cm³/mol. The van der Waals surface area contributed by atoms with Gasteiger partial charge in [-0.2, -0.15) is 0 Å². The summed E-state index contributed by atoms with van der Waals surface area (Å²) in [5, 5.41) is 9.63. The summed E-state index contributed by atoms with van der Waals surface area (Å²) in [4.78, 5) is 25.1. The first-order valence-corrected chi connectivity index (χ1v) is 11.9. The minimum atomic E-state index is -0.576. The van der Waals surface area contributed by atoms with Crippen LogP contribution in [0.15, 0.2) is 78.4 Å². The van der Waals surface area contributed by atoms with Crippen molar-refractivity contribution in [1.82, 2.24) is 10.6 Å². The second kappa shape index (κ2) is 11.2. The molecule has 1 heterocycles. The Hall–Kier alpha value is -3.88. The highest BCUT2D eigenvalue weighted by Gasteiger charge is 2.31. The van der Waals surface area contributed by atoms with E-state index in [1.165, 1.54) is 14.0 Å². The van der Waals surface area contributed by atoms with Gasteiger partial charge in [0.1, 0.15) is 0 Å². The zero-order valence-electron chi connectivity index (χ0n) is 19.6. The average molecular weight is 522 g/mol. The van der Waals surface area contributed by atoms with E-state index in [0.29, 0.717) is 33.4 Å². The molecule has 0 aromatic heterocycles. The maximum absolute atomic E-state index is 12.8. The molecule has 4 rings (SSSR count). The van der Waals surface area contributed by atoms with E-state index in [1.807, 2.05) is 48.5 Å². The Labute approximate surface area is 219 Å². The van der Waals surface area contributed by atoms with Crippen LogP contribution in [-0.4, -0.2) is 30.5 Å². The van der Waals surface area contributed by atoms with Gasteiger partial charge in [0.05, 0.1) is 23.9 Å². The van der Waals surface area contributed by atoms with Crippen LogP contribution in [0.3, 0.4) is 0 Å². The number of anilines is 1. The molecule has 3 aromatic carbocycles. The zero-order valence-corrected chi connectivity index (χ0v) is 21.2. The smallest absolute Gasteiger partial charge is 0.262 e. The molecule has 3 aromatic rings. The number of benzene rings is 3. The zero-order chi connectivity index (χ0) is 25.7. The number of para-hydroxylation sites is 1. The van der Waals surface area contributed by atoms with Gasteiger partial charge in [-0.3, -0.25) is 9.59 Å². The van der Waals surface area contributed by atoms with E-state index in [9.17, 15) is 9.59 Å². The van der Waals surface area contributed by atoms with E-state index in [0.717, 1.165) is 5.56 Å². The van der Waals surface area contributed by atoms with Crippen LogP contribution in [0.1, 0.15) is 24.1 Å². The third-order valence-electron chi connectivity index (χ3n) is 5.50. The molecule has 1 aliphatic heterocycles. The molecule has 9 heteroatoms. The summed E-state index contributed by atoms with van der Waals surface area (Å²) in [5.41, 5.74) is 3.28. The maximum Gasteiger partial charge on any atom is 0.262 e. The second-order valence-corrected chi connectivity index (χ2v) is 8.79. The summed E-state index contributed by atoms with van der Waals surface area (Å²) < 4.78 is 11.2. The van der Waals surface area contributed by atoms with Gasteiger partial charge in [-0.15, -0.1) is 0 Å². The third kappa shape index (κ3) is 5.67. The number of rotatable bonds is 8. The first-order chi connectivity index (χ1) is 17.4. The Morgan fingerprint density at radius 2 is 1.72 bits per heavy atom. The molecule has 0 radical (unpaired) electrons. The Morgan fingerprint density at radius 1 is 1.06 bits per heavy atom. The fourth-order valence-corrected chi connectivity index (χ4v) is 4.42. The van der Waals surface area contributed by atoms with Gasteiger partial charge in [0.15, 0.2) is 29.0 Å². The summed E-state index contributed by atoms with van der Waals surface area (Å²) in [5.74, 6) is 0.0668. The monoisotopic (exact) mass is 521 g/mol. The van der Waals surface area contributed by atoms with Crippen molar-refractivity contribution >= 4 is 52.0 Å². The van der Waals surface area contributed by atoms with Gasteiger partial charge in [-0.25, -0.2) is 0 Å². The number of amides is 1. The Morgan fingerprint density at radius 3 is 2.36 bits per heavy atom. The lowest BCUT2D eigenvalue weighted by Gasteiger charge is -2.31. The summed E-state index contributed by atoms with van der Waals surface area (Å²) in [6, 6.07) is 21.4. The quantitative estimate of drug-likeness (QED) is 0.364. The summed E-state index contributed by atoms with van der Waals surface area (Å²) >= 11 is 12.0. The van der Waals surface area contributed by atoms with E-state index >= 15 is 0 Å². The number of ether oxygens (including phenoxy) is 2. The van der Waals surface area contributed by atoms with Crippen molar-refractivity contribution in [1.29, 1.82) is 0 Å². The molecule has 0 saturated carbocycles. The molecule has 0 unspecified atom stereocenters. The van der Waals surface area contributed by atoms with Crippen LogP contribution in [0.2, 0.25) is 5.02 Å². The second-order valence-electron chi connectivity index (χ2n) is 7.98. The van der Waals surface area contributed by atoms with E-state index in [2.05, 4.69) is 16.0 Å². The fraction of sp³-hybridized carbons (Fsp3) is 0.148. The average Bonchev–Trinajstić information content (AvgIpc) is 2.88. The molecule has 7 nitrogen and oxygen atoms in total. The van der Waals surface area contributed by atoms with Crippen molar-refractivity contribution in [3.63, 3.8) is 0 Å². The Kier molecular flexibility index (Phi) is 7.87. The highest BCUT2D eigenvalue weighted by molar-refractivity contribution is 7.80. The Bertz CT molecular complexity index is 1330. The number of hydrogen-bond donors (Lipinski definition) is 3. The normalized spacial score (nSPS) is 15.0. The lowest BCUT2D eigenvalue weighted by atomic mass is 9.90. The molecule has 0 spiro atoms. The minimum Gasteiger partial charge on any atom is -0.493 e. The minimum absolute atomic E-state index is 0.130. The molecule has 0 aliphatic carbocycles. The largest absolute Gasteiger partial charge is 0.493 e. The lowest BCUT2D eigenvalue weighted by Crippen LogP contribution is -2.44. The fourth-order valence-electron chi connectivity index (χ4n) is 3.93. The van der Waals surface area contributed by atoms with Crippen LogP contribution in [-0.2, 0) is 9.59 Å². The van der Waals surface area contributed by atoms with Gasteiger partial charge in [-0.05, 0) is 54.5 Å². The van der Waals surface area contributed by atoms with Gasteiger partial charge in [0.2, 0.25) is 0 Å². The molecule has 1 aliphatic rings. The first-order valence-electron chi connectivity index (χ1n) is 11.1. The molecular weight excluding hydrogens is 498 g/mol. The van der Waals surface area contributed by atoms with Gasteiger partial charge in [0.25, 0.3) is 5.91 Å².